The van der Waals surface area contributed by atoms with Gasteiger partial charge in [-0.15, -0.1) is 0 Å². The van der Waals surface area contributed by atoms with Gasteiger partial charge < -0.3 is 5.73 Å². The van der Waals surface area contributed by atoms with Gasteiger partial charge in [0.15, 0.2) is 0 Å². The van der Waals surface area contributed by atoms with Crippen LogP contribution in [0.2, 0.25) is 0 Å². The second kappa shape index (κ2) is 5.85. The summed E-state index contributed by atoms with van der Waals surface area (Å²) >= 11 is 0. The van der Waals surface area contributed by atoms with Gasteiger partial charge in [-0.25, -0.2) is 8.42 Å². The molecule has 0 saturated heterocycles. The lowest BCUT2D eigenvalue weighted by Gasteiger charge is -2.24. The number of nitriles is 1. The molecule has 0 aliphatic heterocycles. The monoisotopic (exact) mass is 301 g/mol. The lowest BCUT2D eigenvalue weighted by molar-refractivity contribution is 0.592. The first-order chi connectivity index (χ1) is 10.0. The number of nitrogen functional groups attached to an aromatic ring is 1. The summed E-state index contributed by atoms with van der Waals surface area (Å²) in [5.41, 5.74) is 6.99. The van der Waals surface area contributed by atoms with Gasteiger partial charge in [-0.05, 0) is 37.3 Å². The predicted molar refractivity (Wildman–Crippen MR) is 82.2 cm³/mol. The molecule has 2 aromatic carbocycles. The maximum absolute atomic E-state index is 12.7. The van der Waals surface area contributed by atoms with E-state index in [1.807, 2.05) is 6.07 Å². The summed E-state index contributed by atoms with van der Waals surface area (Å²) in [4.78, 5) is 0.0756. The Kier molecular flexibility index (Phi) is 4.15. The van der Waals surface area contributed by atoms with Crippen molar-refractivity contribution in [1.82, 2.24) is 0 Å². The van der Waals surface area contributed by atoms with Crippen LogP contribution in [-0.4, -0.2) is 15.0 Å². The normalized spacial score (nSPS) is 10.9. The largest absolute Gasteiger partial charge is 0.397 e. The molecule has 2 N–H and O–H groups in total. The van der Waals surface area contributed by atoms with Crippen molar-refractivity contribution in [2.24, 2.45) is 0 Å². The molecule has 0 aliphatic carbocycles. The fourth-order valence-corrected chi connectivity index (χ4v) is 3.58. The molecular weight excluding hydrogens is 286 g/mol. The third-order valence-electron chi connectivity index (χ3n) is 3.04. The second-order valence-corrected chi connectivity index (χ2v) is 6.23. The minimum Gasteiger partial charge on any atom is -0.397 e. The Morgan fingerprint density at radius 2 is 1.90 bits per heavy atom. The van der Waals surface area contributed by atoms with Crippen molar-refractivity contribution in [3.63, 3.8) is 0 Å². The zero-order valence-corrected chi connectivity index (χ0v) is 12.3. The zero-order chi connectivity index (χ0) is 15.5. The topological polar surface area (TPSA) is 87.2 Å². The highest BCUT2D eigenvalue weighted by atomic mass is 32.2. The molecule has 0 saturated carbocycles. The highest BCUT2D eigenvalue weighted by Gasteiger charge is 2.25. The maximum atomic E-state index is 12.7. The van der Waals surface area contributed by atoms with Crippen LogP contribution in [0.25, 0.3) is 0 Å². The van der Waals surface area contributed by atoms with Gasteiger partial charge in [-0.1, -0.05) is 18.2 Å². The molecule has 0 heterocycles. The molecule has 0 aromatic heterocycles. The number of rotatable bonds is 4. The fourth-order valence-electron chi connectivity index (χ4n) is 2.04. The van der Waals surface area contributed by atoms with E-state index in [0.717, 1.165) is 0 Å². The molecule has 0 atom stereocenters. The molecule has 0 spiro atoms. The number of nitrogens with two attached hydrogens (primary N) is 1. The van der Waals surface area contributed by atoms with E-state index in [1.54, 1.807) is 43.3 Å². The number of para-hydroxylation sites is 2. The van der Waals surface area contributed by atoms with Crippen molar-refractivity contribution in [2.75, 3.05) is 16.6 Å². The lowest BCUT2D eigenvalue weighted by atomic mass is 10.2. The summed E-state index contributed by atoms with van der Waals surface area (Å²) < 4.78 is 26.7. The number of hydrogen-bond acceptors (Lipinski definition) is 4. The maximum Gasteiger partial charge on any atom is 0.264 e. The molecule has 0 amide bonds. The smallest absolute Gasteiger partial charge is 0.264 e. The van der Waals surface area contributed by atoms with Crippen LogP contribution in [0.4, 0.5) is 11.4 Å². The van der Waals surface area contributed by atoms with E-state index in [1.165, 1.54) is 16.4 Å². The third kappa shape index (κ3) is 2.83. The van der Waals surface area contributed by atoms with Crippen molar-refractivity contribution < 1.29 is 8.42 Å². The molecule has 0 aliphatic rings. The quantitative estimate of drug-likeness (QED) is 0.878. The average molecular weight is 301 g/mol. The molecule has 0 unspecified atom stereocenters. The second-order valence-electron chi connectivity index (χ2n) is 4.37. The summed E-state index contributed by atoms with van der Waals surface area (Å²) in [5, 5.41) is 8.91. The minimum atomic E-state index is -3.76. The Morgan fingerprint density at radius 1 is 1.19 bits per heavy atom. The van der Waals surface area contributed by atoms with Crippen LogP contribution in [0.3, 0.4) is 0 Å². The van der Waals surface area contributed by atoms with E-state index in [2.05, 4.69) is 0 Å². The van der Waals surface area contributed by atoms with Crippen LogP contribution >= 0.6 is 0 Å². The summed E-state index contributed by atoms with van der Waals surface area (Å²) in [6, 6.07) is 14.7. The first-order valence-corrected chi connectivity index (χ1v) is 7.82. The van der Waals surface area contributed by atoms with Crippen LogP contribution < -0.4 is 10.0 Å². The number of anilines is 2. The predicted octanol–water partition coefficient (Wildman–Crippen LogP) is 2.36. The first kappa shape index (κ1) is 14.9. The van der Waals surface area contributed by atoms with Gasteiger partial charge in [0, 0.05) is 6.54 Å². The Hall–Kier alpha value is -2.52. The summed E-state index contributed by atoms with van der Waals surface area (Å²) in [6.07, 6.45) is 0. The SMILES string of the molecule is CCN(c1ccccc1N)S(=O)(=O)c1cccc(C#N)c1. The third-order valence-corrected chi connectivity index (χ3v) is 4.93. The van der Waals surface area contributed by atoms with Crippen LogP contribution in [0, 0.1) is 11.3 Å². The van der Waals surface area contributed by atoms with E-state index in [4.69, 9.17) is 11.0 Å². The molecule has 108 valence electrons. The average Bonchev–Trinajstić information content (AvgIpc) is 2.50. The van der Waals surface area contributed by atoms with E-state index < -0.39 is 10.0 Å². The van der Waals surface area contributed by atoms with Crippen molar-refractivity contribution >= 4 is 21.4 Å². The molecule has 0 radical (unpaired) electrons. The molecule has 5 nitrogen and oxygen atoms in total. The van der Waals surface area contributed by atoms with Crippen molar-refractivity contribution in [1.29, 1.82) is 5.26 Å². The fraction of sp³-hybridized carbons (Fsp3) is 0.133. The minimum absolute atomic E-state index is 0.0756. The summed E-state index contributed by atoms with van der Waals surface area (Å²) in [6.45, 7) is 1.98. The van der Waals surface area contributed by atoms with Crippen LogP contribution in [-0.2, 0) is 10.0 Å². The van der Waals surface area contributed by atoms with Gasteiger partial charge in [0.1, 0.15) is 0 Å². The summed E-state index contributed by atoms with van der Waals surface area (Å²) in [5.74, 6) is 0. The molecule has 0 fully saturated rings. The molecular formula is C15H15N3O2S. The van der Waals surface area contributed by atoms with Crippen molar-refractivity contribution in [2.45, 2.75) is 11.8 Å². The highest BCUT2D eigenvalue weighted by Crippen LogP contribution is 2.28. The van der Waals surface area contributed by atoms with E-state index in [9.17, 15) is 8.42 Å². The summed E-state index contributed by atoms with van der Waals surface area (Å²) in [7, 11) is -3.76. The lowest BCUT2D eigenvalue weighted by Crippen LogP contribution is -2.31. The van der Waals surface area contributed by atoms with Crippen molar-refractivity contribution in [3.8, 4) is 6.07 Å². The van der Waals surface area contributed by atoms with Crippen LogP contribution in [0.15, 0.2) is 53.4 Å². The van der Waals surface area contributed by atoms with Gasteiger partial charge >= 0.3 is 0 Å². The van der Waals surface area contributed by atoms with E-state index in [-0.39, 0.29) is 11.4 Å². The first-order valence-electron chi connectivity index (χ1n) is 6.38. The Morgan fingerprint density at radius 3 is 2.52 bits per heavy atom. The van der Waals surface area contributed by atoms with Gasteiger partial charge in [-0.3, -0.25) is 4.31 Å². The van der Waals surface area contributed by atoms with Gasteiger partial charge in [0.05, 0.1) is 27.9 Å². The van der Waals surface area contributed by atoms with E-state index in [0.29, 0.717) is 16.9 Å². The number of hydrogen-bond donors (Lipinski definition) is 1. The Labute approximate surface area is 124 Å². The van der Waals surface area contributed by atoms with Gasteiger partial charge in [-0.2, -0.15) is 5.26 Å². The van der Waals surface area contributed by atoms with Gasteiger partial charge in [0.25, 0.3) is 10.0 Å². The van der Waals surface area contributed by atoms with Crippen molar-refractivity contribution in [3.05, 3.63) is 54.1 Å². The number of nitrogens with zero attached hydrogens (tertiary/aromatic N) is 2. The van der Waals surface area contributed by atoms with Crippen LogP contribution in [0.1, 0.15) is 12.5 Å². The van der Waals surface area contributed by atoms with Crippen LogP contribution in [0.5, 0.6) is 0 Å². The molecule has 0 bridgehead atoms. The number of benzene rings is 2. The molecule has 2 rings (SSSR count). The molecule has 21 heavy (non-hydrogen) atoms. The molecule has 6 heteroatoms. The zero-order valence-electron chi connectivity index (χ0n) is 11.5. The Bertz CT molecular complexity index is 795. The Balaban J connectivity index is 2.55. The standard InChI is InChI=1S/C15H15N3O2S/c1-2-18(15-9-4-3-8-14(15)17)21(19,20)13-7-5-6-12(10-13)11-16/h3-10H,2,17H2,1H3. The van der Waals surface area contributed by atoms with E-state index >= 15 is 0 Å². The molecule has 2 aromatic rings. The highest BCUT2D eigenvalue weighted by molar-refractivity contribution is 7.92. The number of sulfonamides is 1. The van der Waals surface area contributed by atoms with Gasteiger partial charge in [0.2, 0.25) is 0 Å².